The molecule has 0 saturated heterocycles. The van der Waals surface area contributed by atoms with Crippen LogP contribution in [-0.2, 0) is 36.1 Å². The van der Waals surface area contributed by atoms with Crippen LogP contribution in [0.4, 0.5) is 0 Å². The summed E-state index contributed by atoms with van der Waals surface area (Å²) in [6.45, 7) is 6.59. The Morgan fingerprint density at radius 1 is 0.951 bits per heavy atom. The first-order valence-electron chi connectivity index (χ1n) is 12.4. The summed E-state index contributed by atoms with van der Waals surface area (Å²) in [6, 6.07) is 7.81. The number of hydrogen-bond acceptors (Lipinski definition) is 10. The van der Waals surface area contributed by atoms with Gasteiger partial charge in [0.25, 0.3) is 10.0 Å². The molecule has 0 aliphatic heterocycles. The largest absolute Gasteiger partial charge is 0.497 e. The molecule has 0 saturated carbocycles. The molecular formula is C28H31N3O8S2. The molecule has 0 amide bonds. The number of aromatic nitrogens is 3. The number of esters is 1. The number of ether oxygens (including phenoxy) is 4. The summed E-state index contributed by atoms with van der Waals surface area (Å²) >= 11 is 0. The maximum atomic E-state index is 14.3. The van der Waals surface area contributed by atoms with Crippen molar-refractivity contribution < 1.29 is 36.4 Å². The molecule has 2 aromatic carbocycles. The lowest BCUT2D eigenvalue weighted by Crippen LogP contribution is -2.20. The minimum Gasteiger partial charge on any atom is -0.497 e. The van der Waals surface area contributed by atoms with Gasteiger partial charge in [-0.2, -0.15) is 0 Å². The van der Waals surface area contributed by atoms with Crippen LogP contribution in [0.2, 0.25) is 0 Å². The number of aryl methyl sites for hydroxylation is 3. The molecule has 11 nitrogen and oxygen atoms in total. The Morgan fingerprint density at radius 2 is 1.63 bits per heavy atom. The summed E-state index contributed by atoms with van der Waals surface area (Å²) in [5.74, 6) is 0.746. The highest BCUT2D eigenvalue weighted by Gasteiger charge is 2.31. The van der Waals surface area contributed by atoms with Crippen molar-refractivity contribution in [2.24, 2.45) is 0 Å². The van der Waals surface area contributed by atoms with Crippen molar-refractivity contribution in [2.45, 2.75) is 43.5 Å². The first-order valence-corrected chi connectivity index (χ1v) is 15.2. The zero-order chi connectivity index (χ0) is 30.1. The first kappa shape index (κ1) is 30.0. The fourth-order valence-electron chi connectivity index (χ4n) is 4.62. The van der Waals surface area contributed by atoms with E-state index >= 15 is 0 Å². The van der Waals surface area contributed by atoms with Gasteiger partial charge in [0, 0.05) is 23.4 Å². The van der Waals surface area contributed by atoms with Crippen LogP contribution in [0.15, 0.2) is 46.6 Å². The lowest BCUT2D eigenvalue weighted by atomic mass is 10.1. The van der Waals surface area contributed by atoms with Crippen LogP contribution in [-0.4, -0.2) is 60.5 Å². The molecule has 0 spiro atoms. The van der Waals surface area contributed by atoms with Gasteiger partial charge in [-0.05, 0) is 63.1 Å². The van der Waals surface area contributed by atoms with E-state index in [-0.39, 0.29) is 27.9 Å². The van der Waals surface area contributed by atoms with Gasteiger partial charge in [-0.15, -0.1) is 0 Å². The Morgan fingerprint density at radius 3 is 2.24 bits per heavy atom. The molecule has 13 heteroatoms. The minimum atomic E-state index is -4.33. The van der Waals surface area contributed by atoms with Crippen LogP contribution < -0.4 is 14.2 Å². The predicted octanol–water partition coefficient (Wildman–Crippen LogP) is 3.78. The molecule has 41 heavy (non-hydrogen) atoms. The van der Waals surface area contributed by atoms with E-state index < -0.39 is 26.8 Å². The van der Waals surface area contributed by atoms with Crippen LogP contribution >= 0.6 is 0 Å². The van der Waals surface area contributed by atoms with Gasteiger partial charge >= 0.3 is 5.97 Å². The zero-order valence-electron chi connectivity index (χ0n) is 23.8. The van der Waals surface area contributed by atoms with Crippen LogP contribution in [0.1, 0.15) is 27.9 Å². The molecule has 0 aliphatic carbocycles. The molecule has 2 aromatic heterocycles. The molecule has 2 heterocycles. The van der Waals surface area contributed by atoms with Crippen molar-refractivity contribution in [1.29, 1.82) is 0 Å². The van der Waals surface area contributed by atoms with Crippen molar-refractivity contribution in [3.05, 3.63) is 64.5 Å². The number of hydrogen-bond donors (Lipinski definition) is 0. The number of rotatable bonds is 10. The van der Waals surface area contributed by atoms with E-state index in [0.717, 1.165) is 9.54 Å². The molecule has 0 aliphatic rings. The maximum Gasteiger partial charge on any atom is 0.343 e. The van der Waals surface area contributed by atoms with Crippen LogP contribution in [0.25, 0.3) is 11.0 Å². The molecule has 0 fully saturated rings. The van der Waals surface area contributed by atoms with E-state index in [9.17, 15) is 17.4 Å². The number of methoxy groups -OCH3 is 3. The van der Waals surface area contributed by atoms with Gasteiger partial charge in [0.05, 0.1) is 59.5 Å². The fourth-order valence-corrected chi connectivity index (χ4v) is 8.09. The highest BCUT2D eigenvalue weighted by molar-refractivity contribution is 7.91. The standard InChI is InChI=1S/C28H31N3O8S2/c1-16-10-21(39-14-25(32)37-6)11-17(2)27(16)41(34,35)31-24-9-8-20(36-5)12-22(24)30-28(31)40(33)15-23-19(4)26(38-7)18(3)13-29-23/h8-13H,14-15H2,1-7H3. The molecule has 0 N–H and O–H groups in total. The van der Waals surface area contributed by atoms with Crippen molar-refractivity contribution in [1.82, 2.24) is 13.9 Å². The number of carbonyl (C=O) groups is 1. The average Bonchev–Trinajstić information content (AvgIpc) is 3.33. The topological polar surface area (TPSA) is 136 Å². The van der Waals surface area contributed by atoms with E-state index in [1.165, 1.54) is 26.4 Å². The second kappa shape index (κ2) is 11.9. The third-order valence-electron chi connectivity index (χ3n) is 6.53. The molecular weight excluding hydrogens is 570 g/mol. The predicted molar refractivity (Wildman–Crippen MR) is 153 cm³/mol. The highest BCUT2D eigenvalue weighted by atomic mass is 32.2. The number of pyridine rings is 1. The Labute approximate surface area is 240 Å². The van der Waals surface area contributed by atoms with Gasteiger partial charge in [-0.3, -0.25) is 9.19 Å². The second-order valence-corrected chi connectivity index (χ2v) is 12.4. The van der Waals surface area contributed by atoms with Crippen molar-refractivity contribution in [3.8, 4) is 17.2 Å². The lowest BCUT2D eigenvalue weighted by Gasteiger charge is -2.16. The third-order valence-corrected chi connectivity index (χ3v) is 9.87. The number of carbonyl (C=O) groups excluding carboxylic acids is 1. The monoisotopic (exact) mass is 601 g/mol. The SMILES string of the molecule is COC(=O)COc1cc(C)c(S(=O)(=O)n2c(S(=O)Cc3ncc(C)c(OC)c3C)nc3cc(OC)ccc32)c(C)c1. The first-order chi connectivity index (χ1) is 19.4. The second-order valence-electron chi connectivity index (χ2n) is 9.31. The molecule has 1 unspecified atom stereocenters. The Hall–Kier alpha value is -3.97. The van der Waals surface area contributed by atoms with Crippen molar-refractivity contribution in [2.75, 3.05) is 27.9 Å². The fraction of sp³-hybridized carbons (Fsp3) is 0.321. The Bertz CT molecular complexity index is 1760. The summed E-state index contributed by atoms with van der Waals surface area (Å²) in [5.41, 5.74) is 3.32. The molecule has 1 atom stereocenters. The molecule has 218 valence electrons. The minimum absolute atomic E-state index is 0.00240. The number of nitrogens with zero attached hydrogens (tertiary/aromatic N) is 3. The van der Waals surface area contributed by atoms with Crippen LogP contribution in [0.5, 0.6) is 17.2 Å². The quantitative estimate of drug-likeness (QED) is 0.247. The Kier molecular flexibility index (Phi) is 8.69. The van der Waals surface area contributed by atoms with Gasteiger partial charge in [0.15, 0.2) is 6.61 Å². The Balaban J connectivity index is 1.86. The average molecular weight is 602 g/mol. The van der Waals surface area contributed by atoms with Gasteiger partial charge in [-0.25, -0.2) is 22.2 Å². The van der Waals surface area contributed by atoms with Gasteiger partial charge in [-0.1, -0.05) is 0 Å². The number of fused-ring (bicyclic) bond motifs is 1. The van der Waals surface area contributed by atoms with E-state index in [1.807, 2.05) is 13.8 Å². The summed E-state index contributed by atoms with van der Waals surface area (Å²) in [5, 5.41) is -0.154. The van der Waals surface area contributed by atoms with Crippen molar-refractivity contribution in [3.63, 3.8) is 0 Å². The van der Waals surface area contributed by atoms with E-state index in [4.69, 9.17) is 14.2 Å². The van der Waals surface area contributed by atoms with E-state index in [2.05, 4.69) is 14.7 Å². The summed E-state index contributed by atoms with van der Waals surface area (Å²) in [6.07, 6.45) is 1.62. The molecule has 0 bridgehead atoms. The summed E-state index contributed by atoms with van der Waals surface area (Å²) in [4.78, 5) is 20.4. The lowest BCUT2D eigenvalue weighted by molar-refractivity contribution is -0.142. The van der Waals surface area contributed by atoms with Gasteiger partial charge in [0.1, 0.15) is 17.2 Å². The molecule has 4 aromatic rings. The third kappa shape index (κ3) is 5.77. The number of imidazole rings is 1. The van der Waals surface area contributed by atoms with Crippen LogP contribution in [0, 0.1) is 27.7 Å². The van der Waals surface area contributed by atoms with E-state index in [1.54, 1.807) is 45.4 Å². The van der Waals surface area contributed by atoms with Crippen molar-refractivity contribution >= 4 is 37.8 Å². The van der Waals surface area contributed by atoms with Gasteiger partial charge in [0.2, 0.25) is 5.16 Å². The van der Waals surface area contributed by atoms with E-state index in [0.29, 0.717) is 45.1 Å². The number of benzene rings is 2. The molecule has 4 rings (SSSR count). The summed E-state index contributed by atoms with van der Waals surface area (Å²) < 4.78 is 64.4. The molecule has 0 radical (unpaired) electrons. The normalized spacial score (nSPS) is 12.3. The van der Waals surface area contributed by atoms with Crippen LogP contribution in [0.3, 0.4) is 0 Å². The highest BCUT2D eigenvalue weighted by Crippen LogP contribution is 2.33. The maximum absolute atomic E-state index is 14.3. The zero-order valence-corrected chi connectivity index (χ0v) is 25.4. The summed E-state index contributed by atoms with van der Waals surface area (Å²) in [7, 11) is -1.96. The van der Waals surface area contributed by atoms with Gasteiger partial charge < -0.3 is 18.9 Å². The smallest absolute Gasteiger partial charge is 0.343 e.